The lowest BCUT2D eigenvalue weighted by Gasteiger charge is -2.62. The summed E-state index contributed by atoms with van der Waals surface area (Å²) < 4.78 is 6.61. The van der Waals surface area contributed by atoms with Gasteiger partial charge in [-0.25, -0.2) is 0 Å². The largest absolute Gasteiger partial charge is 0.487 e. The molecule has 0 radical (unpaired) electrons. The van der Waals surface area contributed by atoms with E-state index in [0.29, 0.717) is 17.3 Å². The first-order valence-corrected chi connectivity index (χ1v) is 9.66. The first kappa shape index (κ1) is 14.8. The van der Waals surface area contributed by atoms with Crippen LogP contribution in [0.5, 0.6) is 5.75 Å². The summed E-state index contributed by atoms with van der Waals surface area (Å²) in [5.74, 6) is 2.96. The SMILES string of the molecule is CC1(C)[C@@H]2c3c(ccc4c3[nH]c3ccc(C=O)cc34)O[C@]3(C)CC[C@H]1[C@H]23. The fourth-order valence-electron chi connectivity index (χ4n) is 6.59. The molecule has 0 saturated heterocycles. The molecule has 1 N–H and O–H groups in total. The Kier molecular flexibility index (Phi) is 2.47. The van der Waals surface area contributed by atoms with Crippen LogP contribution in [0.3, 0.4) is 0 Å². The third kappa shape index (κ3) is 1.50. The third-order valence-corrected chi connectivity index (χ3v) is 7.80. The maximum Gasteiger partial charge on any atom is 0.150 e. The van der Waals surface area contributed by atoms with E-state index < -0.39 is 0 Å². The number of H-pyrrole nitrogens is 1. The third-order valence-electron chi connectivity index (χ3n) is 7.80. The Morgan fingerprint density at radius 3 is 2.81 bits per heavy atom. The first-order chi connectivity index (χ1) is 12.4. The molecular weight excluding hydrogens is 322 g/mol. The van der Waals surface area contributed by atoms with Gasteiger partial charge in [-0.1, -0.05) is 13.8 Å². The van der Waals surface area contributed by atoms with Crippen LogP contribution in [0.2, 0.25) is 0 Å². The van der Waals surface area contributed by atoms with Crippen molar-refractivity contribution in [2.45, 2.75) is 45.1 Å². The number of fused-ring (bicyclic) bond motifs is 6. The highest BCUT2D eigenvalue weighted by atomic mass is 16.5. The van der Waals surface area contributed by atoms with E-state index in [1.807, 2.05) is 18.2 Å². The summed E-state index contributed by atoms with van der Waals surface area (Å²) >= 11 is 0. The van der Waals surface area contributed by atoms with Crippen LogP contribution in [0.25, 0.3) is 21.8 Å². The average molecular weight is 345 g/mol. The van der Waals surface area contributed by atoms with Crippen molar-refractivity contribution in [2.75, 3.05) is 0 Å². The van der Waals surface area contributed by atoms with E-state index in [1.165, 1.54) is 22.9 Å². The van der Waals surface area contributed by atoms with Gasteiger partial charge >= 0.3 is 0 Å². The van der Waals surface area contributed by atoms with Crippen molar-refractivity contribution < 1.29 is 9.53 Å². The number of aromatic amines is 1. The van der Waals surface area contributed by atoms with Gasteiger partial charge in [0.1, 0.15) is 17.6 Å². The van der Waals surface area contributed by atoms with Crippen LogP contribution < -0.4 is 4.74 Å². The lowest BCUT2D eigenvalue weighted by molar-refractivity contribution is -0.119. The minimum absolute atomic E-state index is 0.0117. The van der Waals surface area contributed by atoms with Gasteiger partial charge in [0.2, 0.25) is 0 Å². The highest BCUT2D eigenvalue weighted by molar-refractivity contribution is 6.10. The molecule has 2 aromatic carbocycles. The molecule has 1 aliphatic heterocycles. The Morgan fingerprint density at radius 2 is 2.00 bits per heavy atom. The number of ether oxygens (including phenoxy) is 1. The van der Waals surface area contributed by atoms with E-state index in [2.05, 4.69) is 37.9 Å². The molecule has 0 bridgehead atoms. The van der Waals surface area contributed by atoms with Crippen LogP contribution in [-0.2, 0) is 0 Å². The normalized spacial score (nSPS) is 33.4. The van der Waals surface area contributed by atoms with Crippen molar-refractivity contribution >= 4 is 28.1 Å². The maximum absolute atomic E-state index is 11.2. The lowest BCUT2D eigenvalue weighted by atomic mass is 9.45. The van der Waals surface area contributed by atoms with Gasteiger partial charge in [0, 0.05) is 39.3 Å². The molecule has 2 saturated carbocycles. The van der Waals surface area contributed by atoms with Crippen LogP contribution in [0.15, 0.2) is 30.3 Å². The second kappa shape index (κ2) is 4.33. The second-order valence-corrected chi connectivity index (χ2v) is 9.33. The minimum atomic E-state index is -0.0117. The zero-order chi connectivity index (χ0) is 17.8. The van der Waals surface area contributed by atoms with E-state index >= 15 is 0 Å². The standard InChI is InChI=1S/C23H23NO2/c1-22(2)15-8-9-23(3)19(15)20(22)18-17(26-23)7-5-13-14-10-12(11-25)4-6-16(14)24-21(13)18/h4-7,10-11,15,19-20,24H,8-9H2,1-3H3/t15-,19+,20+,23+/m0/s1. The predicted octanol–water partition coefficient (Wildman–Crippen LogP) is 5.43. The molecule has 132 valence electrons. The highest BCUT2D eigenvalue weighted by Gasteiger charge is 2.69. The Morgan fingerprint density at radius 1 is 1.15 bits per heavy atom. The molecule has 2 aliphatic carbocycles. The number of hydrogen-bond donors (Lipinski definition) is 1. The Hall–Kier alpha value is -2.29. The highest BCUT2D eigenvalue weighted by Crippen LogP contribution is 2.73. The molecule has 26 heavy (non-hydrogen) atoms. The number of aldehydes is 1. The second-order valence-electron chi connectivity index (χ2n) is 9.33. The maximum atomic E-state index is 11.2. The molecular formula is C23H23NO2. The summed E-state index contributed by atoms with van der Waals surface area (Å²) in [6.45, 7) is 7.19. The average Bonchev–Trinajstić information content (AvgIpc) is 3.15. The monoisotopic (exact) mass is 345 g/mol. The summed E-state index contributed by atoms with van der Waals surface area (Å²) in [5, 5.41) is 2.33. The van der Waals surface area contributed by atoms with Crippen LogP contribution in [-0.4, -0.2) is 16.9 Å². The summed E-state index contributed by atoms with van der Waals surface area (Å²) in [6.07, 6.45) is 3.36. The van der Waals surface area contributed by atoms with E-state index in [-0.39, 0.29) is 5.60 Å². The predicted molar refractivity (Wildman–Crippen MR) is 103 cm³/mol. The van der Waals surface area contributed by atoms with E-state index in [9.17, 15) is 4.79 Å². The smallest absolute Gasteiger partial charge is 0.150 e. The van der Waals surface area contributed by atoms with Gasteiger partial charge < -0.3 is 9.72 Å². The minimum Gasteiger partial charge on any atom is -0.487 e. The molecule has 1 aromatic heterocycles. The summed E-state index contributed by atoms with van der Waals surface area (Å²) in [4.78, 5) is 14.9. The van der Waals surface area contributed by atoms with E-state index in [0.717, 1.165) is 40.8 Å². The fourth-order valence-corrected chi connectivity index (χ4v) is 6.59. The number of carbonyl (C=O) groups is 1. The van der Waals surface area contributed by atoms with Gasteiger partial charge in [-0.05, 0) is 61.4 Å². The molecule has 0 spiro atoms. The van der Waals surface area contributed by atoms with Crippen LogP contribution in [0.4, 0.5) is 0 Å². The molecule has 3 aliphatic rings. The van der Waals surface area contributed by atoms with Gasteiger partial charge in [0.05, 0.1) is 5.52 Å². The molecule has 3 heteroatoms. The summed E-state index contributed by atoms with van der Waals surface area (Å²) in [7, 11) is 0. The molecule has 0 unspecified atom stereocenters. The molecule has 4 atom stereocenters. The van der Waals surface area contributed by atoms with Crippen molar-refractivity contribution in [3.05, 3.63) is 41.5 Å². The fraction of sp³-hybridized carbons (Fsp3) is 0.435. The van der Waals surface area contributed by atoms with E-state index in [4.69, 9.17) is 4.74 Å². The number of carbonyl (C=O) groups excluding carboxylic acids is 1. The Labute approximate surface area is 152 Å². The number of hydrogen-bond acceptors (Lipinski definition) is 2. The quantitative estimate of drug-likeness (QED) is 0.597. The van der Waals surface area contributed by atoms with Gasteiger partial charge in [0.15, 0.2) is 0 Å². The Bertz CT molecular complexity index is 1110. The van der Waals surface area contributed by atoms with Crippen molar-refractivity contribution in [2.24, 2.45) is 17.3 Å². The molecule has 3 nitrogen and oxygen atoms in total. The topological polar surface area (TPSA) is 42.1 Å². The number of rotatable bonds is 1. The molecule has 3 aromatic rings. The van der Waals surface area contributed by atoms with Gasteiger partial charge in [-0.2, -0.15) is 0 Å². The van der Waals surface area contributed by atoms with Crippen molar-refractivity contribution in [1.29, 1.82) is 0 Å². The summed E-state index contributed by atoms with van der Waals surface area (Å²) in [6, 6.07) is 10.2. The van der Waals surface area contributed by atoms with Crippen molar-refractivity contribution in [3.63, 3.8) is 0 Å². The number of benzene rings is 2. The van der Waals surface area contributed by atoms with Crippen molar-refractivity contribution in [3.8, 4) is 5.75 Å². The molecule has 2 heterocycles. The van der Waals surface area contributed by atoms with Crippen LogP contribution >= 0.6 is 0 Å². The van der Waals surface area contributed by atoms with Gasteiger partial charge in [0.25, 0.3) is 0 Å². The van der Waals surface area contributed by atoms with Gasteiger partial charge in [-0.3, -0.25) is 4.79 Å². The Balaban J connectivity index is 1.67. The lowest BCUT2D eigenvalue weighted by Crippen LogP contribution is -2.59. The van der Waals surface area contributed by atoms with Crippen LogP contribution in [0.1, 0.15) is 55.5 Å². The molecule has 0 amide bonds. The zero-order valence-corrected chi connectivity index (χ0v) is 15.4. The van der Waals surface area contributed by atoms with E-state index in [1.54, 1.807) is 0 Å². The zero-order valence-electron chi connectivity index (χ0n) is 15.4. The molecule has 6 rings (SSSR count). The first-order valence-electron chi connectivity index (χ1n) is 9.66. The van der Waals surface area contributed by atoms with Gasteiger partial charge in [-0.15, -0.1) is 0 Å². The molecule has 2 fully saturated rings. The van der Waals surface area contributed by atoms with Crippen LogP contribution in [0, 0.1) is 17.3 Å². The van der Waals surface area contributed by atoms with Crippen molar-refractivity contribution in [1.82, 2.24) is 4.98 Å². The number of nitrogens with one attached hydrogen (secondary N) is 1. The summed E-state index contributed by atoms with van der Waals surface area (Å²) in [5.41, 5.74) is 4.66. The number of aromatic nitrogens is 1.